The first-order valence-corrected chi connectivity index (χ1v) is 12.4. The molecule has 0 saturated heterocycles. The number of carboxylic acids is 1. The summed E-state index contributed by atoms with van der Waals surface area (Å²) in [6, 6.07) is 14.6. The fourth-order valence-electron chi connectivity index (χ4n) is 5.41. The number of benzene rings is 3. The molecule has 2 aliphatic rings. The highest BCUT2D eigenvalue weighted by Crippen LogP contribution is 2.47. The lowest BCUT2D eigenvalue weighted by atomic mass is 9.91. The summed E-state index contributed by atoms with van der Waals surface area (Å²) in [7, 11) is 1.64. The highest BCUT2D eigenvalue weighted by Gasteiger charge is 2.38. The number of aliphatic carboxylic acids is 1. The predicted octanol–water partition coefficient (Wildman–Crippen LogP) is 5.58. The van der Waals surface area contributed by atoms with Crippen LogP contribution in [0.5, 0.6) is 11.5 Å². The number of aryl methyl sites for hydroxylation is 1. The Morgan fingerprint density at radius 1 is 1.10 bits per heavy atom. The van der Waals surface area contributed by atoms with E-state index < -0.39 is 23.8 Å². The molecule has 200 valence electrons. The van der Waals surface area contributed by atoms with Crippen LogP contribution in [-0.2, 0) is 24.4 Å². The van der Waals surface area contributed by atoms with Gasteiger partial charge in [0.15, 0.2) is 0 Å². The number of alkyl halides is 3. The second-order valence-corrected chi connectivity index (χ2v) is 9.68. The average Bonchev–Trinajstić information content (AvgIpc) is 3.62. The monoisotopic (exact) mass is 536 g/mol. The molecule has 11 heteroatoms. The highest BCUT2D eigenvalue weighted by atomic mass is 19.4. The van der Waals surface area contributed by atoms with Crippen molar-refractivity contribution in [2.45, 2.75) is 37.5 Å². The zero-order valence-corrected chi connectivity index (χ0v) is 20.8. The van der Waals surface area contributed by atoms with Crippen LogP contribution in [0, 0.1) is 0 Å². The van der Waals surface area contributed by atoms with E-state index in [9.17, 15) is 18.0 Å². The van der Waals surface area contributed by atoms with Crippen molar-refractivity contribution >= 4 is 5.97 Å². The minimum Gasteiger partial charge on any atom is -0.492 e. The Kier molecular flexibility index (Phi) is 6.00. The third kappa shape index (κ3) is 4.68. The SMILES string of the molecule is Cn1nnc(-c2ccc(-c3c(C(F)(F)F)ccc4c3CCC4Oc3ccc4c(c3)OCC4CC(=O)O)cc2)n1. The molecule has 0 saturated carbocycles. The summed E-state index contributed by atoms with van der Waals surface area (Å²) < 4.78 is 54.3. The van der Waals surface area contributed by atoms with Crippen LogP contribution in [-0.4, -0.2) is 37.9 Å². The van der Waals surface area contributed by atoms with Crippen molar-refractivity contribution < 1.29 is 32.5 Å². The number of nitrogens with zero attached hydrogens (tertiary/aromatic N) is 4. The maximum absolute atomic E-state index is 14.1. The van der Waals surface area contributed by atoms with Gasteiger partial charge in [0.05, 0.1) is 25.6 Å². The molecular formula is C28H23F3N4O4. The third-order valence-corrected chi connectivity index (χ3v) is 7.16. The molecule has 0 amide bonds. The summed E-state index contributed by atoms with van der Waals surface area (Å²) in [5, 5.41) is 21.0. The molecule has 1 N–H and O–H groups in total. The van der Waals surface area contributed by atoms with E-state index in [1.54, 1.807) is 49.5 Å². The summed E-state index contributed by atoms with van der Waals surface area (Å²) in [6.07, 6.45) is -4.04. The molecule has 1 aliphatic carbocycles. The van der Waals surface area contributed by atoms with Gasteiger partial charge in [-0.2, -0.15) is 18.0 Å². The Labute approximate surface area is 221 Å². The van der Waals surface area contributed by atoms with E-state index in [1.807, 2.05) is 0 Å². The normalized spacial score (nSPS) is 17.9. The summed E-state index contributed by atoms with van der Waals surface area (Å²) in [6.45, 7) is 0.284. The second-order valence-electron chi connectivity index (χ2n) is 9.68. The predicted molar refractivity (Wildman–Crippen MR) is 133 cm³/mol. The lowest BCUT2D eigenvalue weighted by molar-refractivity contribution is -0.138. The van der Waals surface area contributed by atoms with Crippen molar-refractivity contribution in [3.8, 4) is 34.0 Å². The van der Waals surface area contributed by atoms with Crippen LogP contribution in [0.3, 0.4) is 0 Å². The first kappa shape index (κ1) is 24.9. The first-order chi connectivity index (χ1) is 18.7. The largest absolute Gasteiger partial charge is 0.492 e. The maximum Gasteiger partial charge on any atom is 0.417 e. The molecule has 6 rings (SSSR count). The van der Waals surface area contributed by atoms with Gasteiger partial charge in [-0.3, -0.25) is 4.79 Å². The van der Waals surface area contributed by atoms with Gasteiger partial charge in [-0.25, -0.2) is 0 Å². The number of carbonyl (C=O) groups is 1. The summed E-state index contributed by atoms with van der Waals surface area (Å²) >= 11 is 0. The summed E-state index contributed by atoms with van der Waals surface area (Å²) in [5.41, 5.74) is 2.69. The van der Waals surface area contributed by atoms with Crippen molar-refractivity contribution in [3.63, 3.8) is 0 Å². The number of hydrogen-bond acceptors (Lipinski definition) is 6. The number of aromatic nitrogens is 4. The fourth-order valence-corrected chi connectivity index (χ4v) is 5.41. The van der Waals surface area contributed by atoms with E-state index in [1.165, 1.54) is 10.9 Å². The van der Waals surface area contributed by atoms with Crippen LogP contribution in [0.2, 0.25) is 0 Å². The average molecular weight is 537 g/mol. The fraction of sp³-hybridized carbons (Fsp3) is 0.286. The topological polar surface area (TPSA) is 99.4 Å². The molecule has 1 aromatic heterocycles. The lowest BCUT2D eigenvalue weighted by Gasteiger charge is -2.20. The molecule has 0 fully saturated rings. The molecule has 39 heavy (non-hydrogen) atoms. The minimum absolute atomic E-state index is 0.0240. The highest BCUT2D eigenvalue weighted by molar-refractivity contribution is 5.76. The Bertz CT molecular complexity index is 1570. The Morgan fingerprint density at radius 2 is 1.85 bits per heavy atom. The standard InChI is InChI=1S/C28H23F3N4O4/c1-35-33-27(32-34-35)16-4-2-15(3-5-16)26-21-9-11-23(20(21)8-10-22(26)28(29,30)31)39-18-6-7-19-17(12-25(36)37)14-38-24(19)13-18/h2-8,10,13,17,23H,9,11-12,14H2,1H3,(H,36,37). The number of halogens is 3. The molecule has 8 nitrogen and oxygen atoms in total. The van der Waals surface area contributed by atoms with Gasteiger partial charge in [0.25, 0.3) is 0 Å². The van der Waals surface area contributed by atoms with Crippen LogP contribution in [0.4, 0.5) is 13.2 Å². The number of tetrazole rings is 1. The molecule has 2 heterocycles. The van der Waals surface area contributed by atoms with Gasteiger partial charge in [-0.15, -0.1) is 10.2 Å². The van der Waals surface area contributed by atoms with Gasteiger partial charge in [0.1, 0.15) is 17.6 Å². The zero-order valence-electron chi connectivity index (χ0n) is 20.8. The maximum atomic E-state index is 14.1. The third-order valence-electron chi connectivity index (χ3n) is 7.16. The summed E-state index contributed by atoms with van der Waals surface area (Å²) in [4.78, 5) is 12.4. The molecule has 0 bridgehead atoms. The smallest absolute Gasteiger partial charge is 0.417 e. The van der Waals surface area contributed by atoms with Crippen molar-refractivity contribution in [3.05, 3.63) is 76.9 Å². The molecule has 1 aliphatic heterocycles. The van der Waals surface area contributed by atoms with Gasteiger partial charge < -0.3 is 14.6 Å². The number of carboxylic acid groups (broad SMARTS) is 1. The second kappa shape index (κ2) is 9.40. The molecule has 0 spiro atoms. The van der Waals surface area contributed by atoms with E-state index in [2.05, 4.69) is 15.4 Å². The molecular weight excluding hydrogens is 513 g/mol. The van der Waals surface area contributed by atoms with Crippen LogP contribution in [0.15, 0.2) is 54.6 Å². The van der Waals surface area contributed by atoms with E-state index >= 15 is 0 Å². The van der Waals surface area contributed by atoms with Gasteiger partial charge in [-0.1, -0.05) is 36.4 Å². The number of fused-ring (bicyclic) bond motifs is 2. The molecule has 0 radical (unpaired) electrons. The lowest BCUT2D eigenvalue weighted by Crippen LogP contribution is -2.10. The van der Waals surface area contributed by atoms with Crippen molar-refractivity contribution in [1.29, 1.82) is 0 Å². The van der Waals surface area contributed by atoms with Crippen molar-refractivity contribution in [2.24, 2.45) is 7.05 Å². The van der Waals surface area contributed by atoms with E-state index in [-0.39, 0.29) is 24.5 Å². The van der Waals surface area contributed by atoms with Gasteiger partial charge in [0, 0.05) is 23.1 Å². The summed E-state index contributed by atoms with van der Waals surface area (Å²) in [5.74, 6) is 0.360. The Morgan fingerprint density at radius 3 is 2.54 bits per heavy atom. The van der Waals surface area contributed by atoms with E-state index in [4.69, 9.17) is 14.6 Å². The quantitative estimate of drug-likeness (QED) is 0.344. The van der Waals surface area contributed by atoms with Gasteiger partial charge in [0.2, 0.25) is 5.82 Å². The number of rotatable bonds is 6. The van der Waals surface area contributed by atoms with Crippen molar-refractivity contribution in [2.75, 3.05) is 6.61 Å². The van der Waals surface area contributed by atoms with Crippen molar-refractivity contribution in [1.82, 2.24) is 20.2 Å². The van der Waals surface area contributed by atoms with Gasteiger partial charge in [-0.05, 0) is 52.4 Å². The van der Waals surface area contributed by atoms with Gasteiger partial charge >= 0.3 is 12.1 Å². The minimum atomic E-state index is -4.53. The van der Waals surface area contributed by atoms with Crippen LogP contribution < -0.4 is 9.47 Å². The van der Waals surface area contributed by atoms with Crippen LogP contribution in [0.25, 0.3) is 22.5 Å². The Balaban J connectivity index is 1.32. The number of ether oxygens (including phenoxy) is 2. The molecule has 4 aromatic rings. The molecule has 2 unspecified atom stereocenters. The first-order valence-electron chi connectivity index (χ1n) is 12.4. The van der Waals surface area contributed by atoms with E-state index in [0.717, 1.165) is 11.6 Å². The zero-order chi connectivity index (χ0) is 27.3. The molecule has 2 atom stereocenters. The Hall–Kier alpha value is -4.41. The van der Waals surface area contributed by atoms with E-state index in [0.29, 0.717) is 52.4 Å². The van der Waals surface area contributed by atoms with Crippen LogP contribution in [0.1, 0.15) is 47.1 Å². The molecule has 3 aromatic carbocycles. The van der Waals surface area contributed by atoms with Crippen LogP contribution >= 0.6 is 0 Å². The number of hydrogen-bond donors (Lipinski definition) is 1.